The second-order valence-electron chi connectivity index (χ2n) is 4.44. The number of carbonyl (C=O) groups excluding carboxylic acids is 1. The number of rotatable bonds is 6. The van der Waals surface area contributed by atoms with Crippen LogP contribution in [-0.4, -0.2) is 30.1 Å². The zero-order valence-corrected chi connectivity index (χ0v) is 11.4. The van der Waals surface area contributed by atoms with Gasteiger partial charge in [0.1, 0.15) is 5.75 Å². The van der Waals surface area contributed by atoms with Gasteiger partial charge in [0.2, 0.25) is 0 Å². The molecule has 0 spiro atoms. The highest BCUT2D eigenvalue weighted by Crippen LogP contribution is 2.23. The molecule has 2 amide bonds. The van der Waals surface area contributed by atoms with Gasteiger partial charge in [0.05, 0.1) is 6.10 Å². The van der Waals surface area contributed by atoms with E-state index in [1.165, 1.54) is 12.1 Å². The molecule has 0 radical (unpaired) electrons. The highest BCUT2D eigenvalue weighted by atomic mass is 19.4. The fourth-order valence-corrected chi connectivity index (χ4v) is 1.51. The number of amides is 2. The molecule has 0 saturated heterocycles. The van der Waals surface area contributed by atoms with Crippen molar-refractivity contribution in [2.24, 2.45) is 0 Å². The first-order valence-corrected chi connectivity index (χ1v) is 6.35. The molecule has 5 nitrogen and oxygen atoms in total. The Morgan fingerprint density at radius 3 is 2.48 bits per heavy atom. The Bertz CT molecular complexity index is 447. The van der Waals surface area contributed by atoms with Crippen LogP contribution in [0.3, 0.4) is 0 Å². The van der Waals surface area contributed by atoms with Crippen molar-refractivity contribution in [1.29, 1.82) is 0 Å². The lowest BCUT2D eigenvalue weighted by Crippen LogP contribution is -2.29. The Labute approximate surface area is 120 Å². The fraction of sp³-hybridized carbons (Fsp3) is 0.462. The number of ether oxygens (including phenoxy) is 1. The fourth-order valence-electron chi connectivity index (χ4n) is 1.51. The minimum atomic E-state index is -4.74. The maximum atomic E-state index is 12.0. The molecule has 3 N–H and O–H groups in total. The number of aliphatic hydroxyl groups excluding tert-OH is 1. The third kappa shape index (κ3) is 8.03. The Morgan fingerprint density at radius 1 is 1.33 bits per heavy atom. The summed E-state index contributed by atoms with van der Waals surface area (Å²) in [6, 6.07) is 4.35. The van der Waals surface area contributed by atoms with Gasteiger partial charge in [0.15, 0.2) is 0 Å². The lowest BCUT2D eigenvalue weighted by molar-refractivity contribution is -0.274. The van der Waals surface area contributed by atoms with Crippen molar-refractivity contribution in [3.05, 3.63) is 24.3 Å². The lowest BCUT2D eigenvalue weighted by Gasteiger charge is -2.10. The van der Waals surface area contributed by atoms with E-state index in [0.717, 1.165) is 12.1 Å². The van der Waals surface area contributed by atoms with Crippen LogP contribution in [0.4, 0.5) is 23.7 Å². The number of aliphatic hydroxyl groups is 1. The van der Waals surface area contributed by atoms with E-state index in [9.17, 15) is 18.0 Å². The SMILES string of the molecule is CC(O)CCCNC(=O)Nc1ccc(OC(F)(F)F)cc1. The van der Waals surface area contributed by atoms with Crippen molar-refractivity contribution in [2.45, 2.75) is 32.2 Å². The van der Waals surface area contributed by atoms with E-state index in [0.29, 0.717) is 25.1 Å². The molecule has 1 rings (SSSR count). The number of urea groups is 1. The van der Waals surface area contributed by atoms with Gasteiger partial charge >= 0.3 is 12.4 Å². The van der Waals surface area contributed by atoms with Crippen LogP contribution in [-0.2, 0) is 0 Å². The summed E-state index contributed by atoms with van der Waals surface area (Å²) >= 11 is 0. The Kier molecular flexibility index (Phi) is 6.29. The van der Waals surface area contributed by atoms with Crippen molar-refractivity contribution >= 4 is 11.7 Å². The van der Waals surface area contributed by atoms with Crippen molar-refractivity contribution < 1.29 is 27.8 Å². The first-order valence-electron chi connectivity index (χ1n) is 6.35. The third-order valence-electron chi connectivity index (χ3n) is 2.43. The average Bonchev–Trinajstić information content (AvgIpc) is 2.35. The molecule has 118 valence electrons. The summed E-state index contributed by atoms with van der Waals surface area (Å²) in [7, 11) is 0. The maximum absolute atomic E-state index is 12.0. The summed E-state index contributed by atoms with van der Waals surface area (Å²) in [5.41, 5.74) is 0.345. The molecule has 1 unspecified atom stereocenters. The molecule has 0 saturated carbocycles. The second kappa shape index (κ2) is 7.72. The monoisotopic (exact) mass is 306 g/mol. The molecule has 0 aliphatic rings. The Morgan fingerprint density at radius 2 is 1.95 bits per heavy atom. The first kappa shape index (κ1) is 17.1. The van der Waals surface area contributed by atoms with Crippen LogP contribution in [0.2, 0.25) is 0 Å². The number of benzene rings is 1. The van der Waals surface area contributed by atoms with Gasteiger partial charge in [0, 0.05) is 12.2 Å². The molecule has 0 fully saturated rings. The summed E-state index contributed by atoms with van der Waals surface area (Å²) in [4.78, 5) is 11.5. The second-order valence-corrected chi connectivity index (χ2v) is 4.44. The van der Waals surface area contributed by atoms with Crippen molar-refractivity contribution in [3.63, 3.8) is 0 Å². The van der Waals surface area contributed by atoms with Crippen molar-refractivity contribution in [1.82, 2.24) is 5.32 Å². The average molecular weight is 306 g/mol. The molecule has 0 heterocycles. The van der Waals surface area contributed by atoms with Gasteiger partial charge in [-0.3, -0.25) is 0 Å². The number of halogens is 3. The van der Waals surface area contributed by atoms with Gasteiger partial charge in [-0.25, -0.2) is 4.79 Å². The summed E-state index contributed by atoms with van der Waals surface area (Å²) in [5, 5.41) is 14.1. The number of nitrogens with one attached hydrogen (secondary N) is 2. The first-order chi connectivity index (χ1) is 9.76. The van der Waals surface area contributed by atoms with E-state index in [2.05, 4.69) is 15.4 Å². The van der Waals surface area contributed by atoms with Gasteiger partial charge in [-0.05, 0) is 44.0 Å². The van der Waals surface area contributed by atoms with E-state index in [-0.39, 0.29) is 5.75 Å². The summed E-state index contributed by atoms with van der Waals surface area (Å²) in [6.45, 7) is 2.05. The third-order valence-corrected chi connectivity index (χ3v) is 2.43. The topological polar surface area (TPSA) is 70.6 Å². The predicted octanol–water partition coefficient (Wildman–Crippen LogP) is 2.87. The molecule has 8 heteroatoms. The highest BCUT2D eigenvalue weighted by Gasteiger charge is 2.30. The molecule has 1 aromatic rings. The molecular weight excluding hydrogens is 289 g/mol. The van der Waals surface area contributed by atoms with Gasteiger partial charge in [-0.1, -0.05) is 0 Å². The molecule has 1 aromatic carbocycles. The van der Waals surface area contributed by atoms with Crippen LogP contribution in [0.25, 0.3) is 0 Å². The highest BCUT2D eigenvalue weighted by molar-refractivity contribution is 5.89. The van der Waals surface area contributed by atoms with Crippen LogP contribution in [0, 0.1) is 0 Å². The zero-order chi connectivity index (χ0) is 15.9. The molecule has 0 aromatic heterocycles. The number of carbonyl (C=O) groups is 1. The van der Waals surface area contributed by atoms with Crippen molar-refractivity contribution in [3.8, 4) is 5.75 Å². The standard InChI is InChI=1S/C13H17F3N2O3/c1-9(19)3-2-8-17-12(20)18-10-4-6-11(7-5-10)21-13(14,15)16/h4-7,9,19H,2-3,8H2,1H3,(H2,17,18,20). The number of alkyl halides is 3. The van der Waals surface area contributed by atoms with Gasteiger partial charge in [0.25, 0.3) is 0 Å². The van der Waals surface area contributed by atoms with Gasteiger partial charge in [-0.2, -0.15) is 0 Å². The van der Waals surface area contributed by atoms with E-state index in [4.69, 9.17) is 5.11 Å². The minimum absolute atomic E-state index is 0.345. The van der Waals surface area contributed by atoms with Crippen LogP contribution in [0.1, 0.15) is 19.8 Å². The number of hydrogen-bond donors (Lipinski definition) is 3. The van der Waals surface area contributed by atoms with E-state index < -0.39 is 18.5 Å². The summed E-state index contributed by atoms with van der Waals surface area (Å²) < 4.78 is 39.6. The molecule has 0 aliphatic heterocycles. The summed E-state index contributed by atoms with van der Waals surface area (Å²) in [6.07, 6.45) is -3.96. The van der Waals surface area contributed by atoms with Crippen LogP contribution in [0.15, 0.2) is 24.3 Å². The molecule has 21 heavy (non-hydrogen) atoms. The van der Waals surface area contributed by atoms with Gasteiger partial charge < -0.3 is 20.5 Å². The normalized spacial score (nSPS) is 12.6. The van der Waals surface area contributed by atoms with Crippen LogP contribution < -0.4 is 15.4 Å². The Balaban J connectivity index is 2.36. The quantitative estimate of drug-likeness (QED) is 0.708. The molecule has 0 bridgehead atoms. The number of hydrogen-bond acceptors (Lipinski definition) is 3. The molecule has 0 aliphatic carbocycles. The van der Waals surface area contributed by atoms with Crippen molar-refractivity contribution in [2.75, 3.05) is 11.9 Å². The Hall–Kier alpha value is -1.96. The largest absolute Gasteiger partial charge is 0.573 e. The predicted molar refractivity (Wildman–Crippen MR) is 71.1 cm³/mol. The van der Waals surface area contributed by atoms with E-state index in [1.807, 2.05) is 0 Å². The smallest absolute Gasteiger partial charge is 0.406 e. The van der Waals surface area contributed by atoms with Crippen LogP contribution in [0.5, 0.6) is 5.75 Å². The lowest BCUT2D eigenvalue weighted by atomic mass is 10.2. The zero-order valence-electron chi connectivity index (χ0n) is 11.4. The molecule has 1 atom stereocenters. The summed E-state index contributed by atoms with van der Waals surface area (Å²) in [5.74, 6) is -0.356. The van der Waals surface area contributed by atoms with E-state index >= 15 is 0 Å². The molecular formula is C13H17F3N2O3. The van der Waals surface area contributed by atoms with Crippen LogP contribution >= 0.6 is 0 Å². The number of anilines is 1. The van der Waals surface area contributed by atoms with Gasteiger partial charge in [-0.15, -0.1) is 13.2 Å². The maximum Gasteiger partial charge on any atom is 0.573 e. The van der Waals surface area contributed by atoms with E-state index in [1.54, 1.807) is 6.92 Å². The minimum Gasteiger partial charge on any atom is -0.406 e.